The summed E-state index contributed by atoms with van der Waals surface area (Å²) < 4.78 is 0. The molecule has 1 aromatic heterocycles. The van der Waals surface area contributed by atoms with E-state index in [9.17, 15) is 4.79 Å². The summed E-state index contributed by atoms with van der Waals surface area (Å²) in [6, 6.07) is 1.74. The fourth-order valence-corrected chi connectivity index (χ4v) is 3.03. The fraction of sp³-hybridized carbons (Fsp3) is 0.538. The van der Waals surface area contributed by atoms with Crippen LogP contribution in [0.3, 0.4) is 0 Å². The Morgan fingerprint density at radius 1 is 1.28 bits per heavy atom. The molecule has 1 spiro atoms. The van der Waals surface area contributed by atoms with E-state index in [1.165, 1.54) is 31.9 Å². The van der Waals surface area contributed by atoms with Gasteiger partial charge in [-0.15, -0.1) is 0 Å². The highest BCUT2D eigenvalue weighted by atomic mass is 35.5. The Morgan fingerprint density at radius 3 is 2.50 bits per heavy atom. The Kier molecular flexibility index (Phi) is 2.99. The lowest BCUT2D eigenvalue weighted by Gasteiger charge is -2.34. The number of carbonyl (C=O) groups excluding carboxylic acids is 1. The second-order valence-corrected chi connectivity index (χ2v) is 6.02. The van der Waals surface area contributed by atoms with Gasteiger partial charge in [-0.3, -0.25) is 4.79 Å². The normalized spacial score (nSPS) is 21.1. The van der Waals surface area contributed by atoms with Crippen molar-refractivity contribution >= 4 is 34.1 Å². The number of nitrogens with zero attached hydrogens (tertiary/aromatic N) is 2. The molecule has 1 saturated heterocycles. The van der Waals surface area contributed by atoms with Gasteiger partial charge in [-0.25, -0.2) is 4.98 Å². The van der Waals surface area contributed by atoms with Gasteiger partial charge in [-0.1, -0.05) is 11.6 Å². The molecule has 2 fully saturated rings. The van der Waals surface area contributed by atoms with E-state index in [0.717, 1.165) is 18.8 Å². The van der Waals surface area contributed by atoms with E-state index in [1.54, 1.807) is 6.07 Å². The van der Waals surface area contributed by atoms with Crippen molar-refractivity contribution < 1.29 is 4.79 Å². The number of hydrogen-bond acceptors (Lipinski definition) is 3. The molecule has 0 amide bonds. The summed E-state index contributed by atoms with van der Waals surface area (Å²) in [6.07, 6.45) is 6.58. The van der Waals surface area contributed by atoms with Gasteiger partial charge in [0.05, 0.1) is 11.3 Å². The second kappa shape index (κ2) is 4.39. The first-order valence-electron chi connectivity index (χ1n) is 6.20. The van der Waals surface area contributed by atoms with Crippen LogP contribution in [0.1, 0.15) is 36.0 Å². The zero-order chi connectivity index (χ0) is 12.8. The minimum atomic E-state index is -0.471. The number of hydrogen-bond donors (Lipinski definition) is 0. The molecule has 5 heteroatoms. The van der Waals surface area contributed by atoms with E-state index in [2.05, 4.69) is 9.88 Å². The van der Waals surface area contributed by atoms with E-state index in [0.29, 0.717) is 16.1 Å². The van der Waals surface area contributed by atoms with Crippen molar-refractivity contribution in [2.24, 2.45) is 5.41 Å². The molecule has 1 saturated carbocycles. The molecule has 1 aromatic rings. The Hall–Kier alpha value is -0.800. The first-order valence-corrected chi connectivity index (χ1v) is 6.96. The number of rotatable bonds is 2. The minimum absolute atomic E-state index is 0.401. The van der Waals surface area contributed by atoms with Crippen molar-refractivity contribution in [1.29, 1.82) is 0 Å². The molecule has 1 aliphatic heterocycles. The number of pyridine rings is 1. The first kappa shape index (κ1) is 12.2. The zero-order valence-electron chi connectivity index (χ0n) is 9.96. The topological polar surface area (TPSA) is 33.2 Å². The zero-order valence-corrected chi connectivity index (χ0v) is 11.5. The molecular weight excluding hydrogens is 271 g/mol. The summed E-state index contributed by atoms with van der Waals surface area (Å²) in [6.45, 7) is 1.94. The minimum Gasteiger partial charge on any atom is -0.371 e. The highest BCUT2D eigenvalue weighted by molar-refractivity contribution is 6.68. The van der Waals surface area contributed by atoms with Crippen LogP contribution in [0.4, 0.5) is 5.69 Å². The average molecular weight is 285 g/mol. The van der Waals surface area contributed by atoms with Crippen LogP contribution in [0.2, 0.25) is 5.15 Å². The standard InChI is InChI=1S/C13H14Cl2N2O/c14-11-7-10(9(8-16-11)12(15)18)17-5-3-13(1-2-13)4-6-17/h7-8H,1-6H2. The number of carbonyl (C=O) groups is 1. The maximum absolute atomic E-state index is 11.4. The lowest BCUT2D eigenvalue weighted by Crippen LogP contribution is -2.35. The van der Waals surface area contributed by atoms with Crippen molar-refractivity contribution in [2.75, 3.05) is 18.0 Å². The lowest BCUT2D eigenvalue weighted by molar-refractivity contribution is 0.108. The van der Waals surface area contributed by atoms with Crippen LogP contribution in [-0.2, 0) is 0 Å². The third-order valence-corrected chi connectivity index (χ3v) is 4.59. The third-order valence-electron chi connectivity index (χ3n) is 4.18. The molecule has 3 rings (SSSR count). The van der Waals surface area contributed by atoms with Crippen LogP contribution in [0.5, 0.6) is 0 Å². The van der Waals surface area contributed by atoms with E-state index in [-0.39, 0.29) is 0 Å². The summed E-state index contributed by atoms with van der Waals surface area (Å²) in [7, 11) is 0. The molecule has 0 unspecified atom stereocenters. The molecular formula is C13H14Cl2N2O. The molecule has 2 heterocycles. The molecule has 0 bridgehead atoms. The molecule has 0 N–H and O–H groups in total. The quantitative estimate of drug-likeness (QED) is 0.616. The Bertz CT molecular complexity index is 490. The molecule has 0 atom stereocenters. The molecule has 2 aliphatic rings. The van der Waals surface area contributed by atoms with Gasteiger partial charge >= 0.3 is 0 Å². The summed E-state index contributed by atoms with van der Waals surface area (Å²) in [5.74, 6) is 0. The highest BCUT2D eigenvalue weighted by Gasteiger charge is 2.44. The fourth-order valence-electron chi connectivity index (χ4n) is 2.73. The first-order chi connectivity index (χ1) is 8.60. The predicted octanol–water partition coefficient (Wildman–Crippen LogP) is 3.49. The van der Waals surface area contributed by atoms with Gasteiger partial charge in [-0.05, 0) is 48.8 Å². The number of piperidine rings is 1. The van der Waals surface area contributed by atoms with Crippen molar-refractivity contribution in [3.05, 3.63) is 23.0 Å². The lowest BCUT2D eigenvalue weighted by atomic mass is 9.93. The average Bonchev–Trinajstić information content (AvgIpc) is 3.09. The van der Waals surface area contributed by atoms with E-state index in [4.69, 9.17) is 23.2 Å². The second-order valence-electron chi connectivity index (χ2n) is 5.28. The van der Waals surface area contributed by atoms with Crippen LogP contribution in [0.25, 0.3) is 0 Å². The third kappa shape index (κ3) is 2.21. The largest absolute Gasteiger partial charge is 0.371 e. The van der Waals surface area contributed by atoms with Gasteiger partial charge in [0.15, 0.2) is 0 Å². The smallest absolute Gasteiger partial charge is 0.256 e. The Balaban J connectivity index is 1.86. The van der Waals surface area contributed by atoms with Gasteiger partial charge in [0.1, 0.15) is 5.15 Å². The van der Waals surface area contributed by atoms with Crippen LogP contribution in [-0.4, -0.2) is 23.3 Å². The van der Waals surface area contributed by atoms with Crippen LogP contribution >= 0.6 is 23.2 Å². The number of aromatic nitrogens is 1. The Morgan fingerprint density at radius 2 is 1.94 bits per heavy atom. The number of anilines is 1. The molecule has 18 heavy (non-hydrogen) atoms. The van der Waals surface area contributed by atoms with Crippen molar-refractivity contribution in [1.82, 2.24) is 4.98 Å². The van der Waals surface area contributed by atoms with E-state index >= 15 is 0 Å². The van der Waals surface area contributed by atoms with Crippen LogP contribution in [0, 0.1) is 5.41 Å². The van der Waals surface area contributed by atoms with Crippen LogP contribution < -0.4 is 4.90 Å². The summed E-state index contributed by atoms with van der Waals surface area (Å²) in [5.41, 5.74) is 1.89. The molecule has 1 aliphatic carbocycles. The molecule has 0 radical (unpaired) electrons. The van der Waals surface area contributed by atoms with Gasteiger partial charge in [0.2, 0.25) is 0 Å². The van der Waals surface area contributed by atoms with Crippen molar-refractivity contribution in [3.8, 4) is 0 Å². The summed E-state index contributed by atoms with van der Waals surface area (Å²) in [5, 5.41) is -0.0701. The predicted molar refractivity (Wildman–Crippen MR) is 72.5 cm³/mol. The van der Waals surface area contributed by atoms with Gasteiger partial charge < -0.3 is 4.90 Å². The van der Waals surface area contributed by atoms with Gasteiger partial charge in [0.25, 0.3) is 5.24 Å². The Labute approximate surface area is 116 Å². The maximum Gasteiger partial charge on any atom is 0.256 e. The molecule has 0 aromatic carbocycles. The molecule has 3 nitrogen and oxygen atoms in total. The monoisotopic (exact) mass is 284 g/mol. The maximum atomic E-state index is 11.4. The van der Waals surface area contributed by atoms with Gasteiger partial charge in [0, 0.05) is 19.3 Å². The van der Waals surface area contributed by atoms with Crippen molar-refractivity contribution in [3.63, 3.8) is 0 Å². The van der Waals surface area contributed by atoms with Crippen LogP contribution in [0.15, 0.2) is 12.3 Å². The summed E-state index contributed by atoms with van der Waals surface area (Å²) in [4.78, 5) is 17.5. The summed E-state index contributed by atoms with van der Waals surface area (Å²) >= 11 is 11.5. The highest BCUT2D eigenvalue weighted by Crippen LogP contribution is 2.54. The molecule has 96 valence electrons. The van der Waals surface area contributed by atoms with E-state index < -0.39 is 5.24 Å². The van der Waals surface area contributed by atoms with Crippen molar-refractivity contribution in [2.45, 2.75) is 25.7 Å². The van der Waals surface area contributed by atoms with E-state index in [1.807, 2.05) is 0 Å². The SMILES string of the molecule is O=C(Cl)c1cnc(Cl)cc1N1CCC2(CC1)CC2. The van der Waals surface area contributed by atoms with Gasteiger partial charge in [-0.2, -0.15) is 0 Å². The number of halogens is 2.